The molecule has 2 nitrogen and oxygen atoms in total. The zero-order valence-electron chi connectivity index (χ0n) is 11.0. The number of methoxy groups -OCH3 is 1. The molecule has 0 radical (unpaired) electrons. The van der Waals surface area contributed by atoms with E-state index in [9.17, 15) is 18.3 Å². The first-order chi connectivity index (χ1) is 8.77. The van der Waals surface area contributed by atoms with Crippen LogP contribution in [0.15, 0.2) is 12.2 Å². The average molecular weight is 276 g/mol. The molecule has 0 aliphatic heterocycles. The third kappa shape index (κ3) is 1.70. The molecule has 0 spiro atoms. The molecule has 3 aliphatic carbocycles. The maximum atomic E-state index is 13.1. The van der Waals surface area contributed by atoms with Crippen LogP contribution in [0.4, 0.5) is 13.2 Å². The lowest BCUT2D eigenvalue weighted by Gasteiger charge is -2.37. The van der Waals surface area contributed by atoms with Gasteiger partial charge in [0.25, 0.3) is 0 Å². The van der Waals surface area contributed by atoms with E-state index in [2.05, 4.69) is 12.2 Å². The first-order valence-corrected chi connectivity index (χ1v) is 6.77. The van der Waals surface area contributed by atoms with Crippen molar-refractivity contribution < 1.29 is 23.0 Å². The summed E-state index contributed by atoms with van der Waals surface area (Å²) in [4.78, 5) is 0. The molecule has 2 fully saturated rings. The minimum Gasteiger partial charge on any atom is -0.381 e. The quantitative estimate of drug-likeness (QED) is 0.786. The molecule has 7 atom stereocenters. The van der Waals surface area contributed by atoms with Crippen LogP contribution in [0.1, 0.15) is 19.8 Å². The Balaban J connectivity index is 1.90. The summed E-state index contributed by atoms with van der Waals surface area (Å²) in [5.74, 6) is 0.214. The molecule has 1 N–H and O–H groups in total. The van der Waals surface area contributed by atoms with Crippen molar-refractivity contribution in [2.24, 2.45) is 29.6 Å². The van der Waals surface area contributed by atoms with Gasteiger partial charge in [-0.2, -0.15) is 13.2 Å². The summed E-state index contributed by atoms with van der Waals surface area (Å²) >= 11 is 0. The smallest absolute Gasteiger partial charge is 0.381 e. The molecule has 19 heavy (non-hydrogen) atoms. The molecule has 3 rings (SSSR count). The van der Waals surface area contributed by atoms with Gasteiger partial charge < -0.3 is 9.84 Å². The van der Waals surface area contributed by atoms with Crippen LogP contribution in [-0.4, -0.2) is 30.1 Å². The lowest BCUT2D eigenvalue weighted by atomic mass is 9.82. The Bertz CT molecular complexity index is 402. The highest BCUT2D eigenvalue weighted by Gasteiger charge is 2.65. The Morgan fingerprint density at radius 3 is 2.37 bits per heavy atom. The second-order valence-corrected chi connectivity index (χ2v) is 6.38. The minimum absolute atomic E-state index is 0.138. The van der Waals surface area contributed by atoms with Crippen LogP contribution >= 0.6 is 0 Å². The van der Waals surface area contributed by atoms with Gasteiger partial charge in [-0.15, -0.1) is 0 Å². The fourth-order valence-electron chi connectivity index (χ4n) is 4.56. The standard InChI is InChI=1S/C14H19F3O2/c1-13(18,14(15,16)17)10-6-9-7-3-4-8(5-7)11(9)12(10)19-2/h3-4,7-12,18H,5-6H2,1-2H3. The van der Waals surface area contributed by atoms with Crippen LogP contribution in [0, 0.1) is 29.6 Å². The third-order valence-electron chi connectivity index (χ3n) is 5.56. The predicted molar refractivity (Wildman–Crippen MR) is 63.3 cm³/mol. The van der Waals surface area contributed by atoms with Gasteiger partial charge >= 0.3 is 6.18 Å². The van der Waals surface area contributed by atoms with Crippen LogP contribution in [0.25, 0.3) is 0 Å². The summed E-state index contributed by atoms with van der Waals surface area (Å²) in [5, 5.41) is 9.97. The van der Waals surface area contributed by atoms with Gasteiger partial charge in [0.05, 0.1) is 6.10 Å². The number of halogens is 3. The zero-order valence-corrected chi connectivity index (χ0v) is 11.0. The molecule has 0 aromatic rings. The van der Waals surface area contributed by atoms with Crippen molar-refractivity contribution in [2.45, 2.75) is 37.6 Å². The number of alkyl halides is 3. The molecular weight excluding hydrogens is 257 g/mol. The van der Waals surface area contributed by atoms with E-state index in [1.165, 1.54) is 7.11 Å². The van der Waals surface area contributed by atoms with Crippen molar-refractivity contribution in [3.05, 3.63) is 12.2 Å². The average Bonchev–Trinajstić information content (AvgIpc) is 2.98. The van der Waals surface area contributed by atoms with Crippen LogP contribution in [-0.2, 0) is 4.74 Å². The van der Waals surface area contributed by atoms with E-state index in [0.717, 1.165) is 13.3 Å². The van der Waals surface area contributed by atoms with Crippen LogP contribution in [0.3, 0.4) is 0 Å². The summed E-state index contributed by atoms with van der Waals surface area (Å²) in [6.45, 7) is 0.889. The van der Waals surface area contributed by atoms with Gasteiger partial charge in [0.2, 0.25) is 0 Å². The number of rotatable bonds is 2. The Morgan fingerprint density at radius 1 is 1.16 bits per heavy atom. The molecule has 108 valence electrons. The maximum Gasteiger partial charge on any atom is 0.417 e. The highest BCUT2D eigenvalue weighted by Crippen LogP contribution is 2.60. The number of ether oxygens (including phenoxy) is 1. The largest absolute Gasteiger partial charge is 0.417 e. The highest BCUT2D eigenvalue weighted by atomic mass is 19.4. The highest BCUT2D eigenvalue weighted by molar-refractivity contribution is 5.19. The lowest BCUT2D eigenvalue weighted by molar-refractivity contribution is -0.281. The fourth-order valence-corrected chi connectivity index (χ4v) is 4.56. The SMILES string of the molecule is COC1C2C3C=CC(C3)C2CC1C(C)(O)C(F)(F)F. The maximum absolute atomic E-state index is 13.1. The molecule has 0 aromatic heterocycles. The topological polar surface area (TPSA) is 29.5 Å². The van der Waals surface area contributed by atoms with Gasteiger partial charge in [0.1, 0.15) is 0 Å². The van der Waals surface area contributed by atoms with E-state index in [4.69, 9.17) is 4.74 Å². The lowest BCUT2D eigenvalue weighted by Crippen LogP contribution is -2.52. The van der Waals surface area contributed by atoms with Crippen molar-refractivity contribution in [2.75, 3.05) is 7.11 Å². The molecule has 0 amide bonds. The second-order valence-electron chi connectivity index (χ2n) is 6.38. The van der Waals surface area contributed by atoms with E-state index >= 15 is 0 Å². The van der Waals surface area contributed by atoms with E-state index in [-0.39, 0.29) is 11.8 Å². The van der Waals surface area contributed by atoms with E-state index < -0.39 is 23.8 Å². The van der Waals surface area contributed by atoms with E-state index in [1.807, 2.05) is 0 Å². The Kier molecular flexibility index (Phi) is 2.81. The van der Waals surface area contributed by atoms with Crippen molar-refractivity contribution in [1.29, 1.82) is 0 Å². The number of fused-ring (bicyclic) bond motifs is 5. The summed E-state index contributed by atoms with van der Waals surface area (Å²) < 4.78 is 44.6. The zero-order chi connectivity index (χ0) is 14.0. The first-order valence-electron chi connectivity index (χ1n) is 6.77. The molecule has 0 aromatic carbocycles. The van der Waals surface area contributed by atoms with E-state index in [0.29, 0.717) is 18.3 Å². The minimum atomic E-state index is -4.61. The molecule has 0 saturated heterocycles. The molecule has 0 heterocycles. The summed E-state index contributed by atoms with van der Waals surface area (Å²) in [6.07, 6.45) is 0.573. The van der Waals surface area contributed by atoms with Gasteiger partial charge in [-0.3, -0.25) is 0 Å². The van der Waals surface area contributed by atoms with Gasteiger partial charge in [-0.1, -0.05) is 12.2 Å². The van der Waals surface area contributed by atoms with Gasteiger partial charge in [-0.25, -0.2) is 0 Å². The Morgan fingerprint density at radius 2 is 1.79 bits per heavy atom. The number of allylic oxidation sites excluding steroid dienone is 2. The Hall–Kier alpha value is -0.550. The van der Waals surface area contributed by atoms with Crippen molar-refractivity contribution >= 4 is 0 Å². The van der Waals surface area contributed by atoms with Gasteiger partial charge in [-0.05, 0) is 43.4 Å². The fraction of sp³-hybridized carbons (Fsp3) is 0.857. The van der Waals surface area contributed by atoms with Crippen LogP contribution < -0.4 is 0 Å². The molecule has 2 bridgehead atoms. The van der Waals surface area contributed by atoms with Crippen molar-refractivity contribution in [3.8, 4) is 0 Å². The van der Waals surface area contributed by atoms with Crippen molar-refractivity contribution in [1.82, 2.24) is 0 Å². The molecule has 3 aliphatic rings. The Labute approximate surface area is 110 Å². The number of aliphatic hydroxyl groups is 1. The van der Waals surface area contributed by atoms with Gasteiger partial charge in [0, 0.05) is 13.0 Å². The van der Waals surface area contributed by atoms with E-state index in [1.54, 1.807) is 0 Å². The number of hydrogen-bond donors (Lipinski definition) is 1. The second kappa shape index (κ2) is 3.98. The first kappa shape index (κ1) is 13.4. The third-order valence-corrected chi connectivity index (χ3v) is 5.56. The van der Waals surface area contributed by atoms with Crippen molar-refractivity contribution in [3.63, 3.8) is 0 Å². The van der Waals surface area contributed by atoms with Gasteiger partial charge in [0.15, 0.2) is 5.60 Å². The summed E-state index contributed by atoms with van der Waals surface area (Å²) in [7, 11) is 1.46. The molecular formula is C14H19F3O2. The monoisotopic (exact) mass is 276 g/mol. The van der Waals surface area contributed by atoms with Crippen LogP contribution in [0.2, 0.25) is 0 Å². The summed E-state index contributed by atoms with van der Waals surface area (Å²) in [5.41, 5.74) is -2.67. The molecule has 2 saturated carbocycles. The number of hydrogen-bond acceptors (Lipinski definition) is 2. The van der Waals surface area contributed by atoms with Crippen LogP contribution in [0.5, 0.6) is 0 Å². The molecule has 5 heteroatoms. The summed E-state index contributed by atoms with van der Waals surface area (Å²) in [6, 6.07) is 0. The predicted octanol–water partition coefficient (Wildman–Crippen LogP) is 2.77. The normalized spacial score (nSPS) is 47.5. The molecule has 7 unspecified atom stereocenters.